The molecule has 1 heterocycles. The van der Waals surface area contributed by atoms with Crippen molar-refractivity contribution in [2.75, 3.05) is 13.1 Å². The van der Waals surface area contributed by atoms with Gasteiger partial charge in [0.05, 0.1) is 5.60 Å². The van der Waals surface area contributed by atoms with E-state index in [0.717, 1.165) is 10.0 Å². The van der Waals surface area contributed by atoms with Gasteiger partial charge in [0.15, 0.2) is 0 Å². The van der Waals surface area contributed by atoms with Crippen molar-refractivity contribution in [3.05, 3.63) is 112 Å². The van der Waals surface area contributed by atoms with Crippen molar-refractivity contribution in [3.8, 4) is 0 Å². The second-order valence-corrected chi connectivity index (χ2v) is 9.18. The SMILES string of the molecule is O=C(NC(=Cc1ccc(F)cc1)C(=O)N1CCC(O)(c2ccc(Br)cc2)CC1)c1ccccc1. The van der Waals surface area contributed by atoms with Crippen LogP contribution >= 0.6 is 15.9 Å². The molecule has 0 spiro atoms. The van der Waals surface area contributed by atoms with Gasteiger partial charge in [0, 0.05) is 23.1 Å². The summed E-state index contributed by atoms with van der Waals surface area (Å²) in [5.41, 5.74) is 0.882. The predicted molar refractivity (Wildman–Crippen MR) is 132 cm³/mol. The molecule has 0 saturated carbocycles. The summed E-state index contributed by atoms with van der Waals surface area (Å²) in [7, 11) is 0. The first-order valence-electron chi connectivity index (χ1n) is 11.0. The smallest absolute Gasteiger partial charge is 0.270 e. The molecule has 0 unspecified atom stereocenters. The molecule has 0 bridgehead atoms. The molecule has 0 aromatic heterocycles. The molecular formula is C27H24BrFN2O3. The third-order valence-electron chi connectivity index (χ3n) is 5.95. The number of aliphatic hydroxyl groups is 1. The molecule has 0 atom stereocenters. The van der Waals surface area contributed by atoms with Crippen LogP contribution in [-0.2, 0) is 10.4 Å². The van der Waals surface area contributed by atoms with Crippen molar-refractivity contribution in [2.45, 2.75) is 18.4 Å². The summed E-state index contributed by atoms with van der Waals surface area (Å²) in [4.78, 5) is 27.8. The summed E-state index contributed by atoms with van der Waals surface area (Å²) >= 11 is 3.40. The van der Waals surface area contributed by atoms with E-state index in [1.165, 1.54) is 18.2 Å². The molecule has 7 heteroatoms. The largest absolute Gasteiger partial charge is 0.385 e. The van der Waals surface area contributed by atoms with Gasteiger partial charge in [-0.15, -0.1) is 0 Å². The second-order valence-electron chi connectivity index (χ2n) is 8.26. The first-order valence-corrected chi connectivity index (χ1v) is 11.7. The van der Waals surface area contributed by atoms with E-state index in [9.17, 15) is 19.1 Å². The number of hydrogen-bond donors (Lipinski definition) is 2. The topological polar surface area (TPSA) is 69.6 Å². The molecule has 2 N–H and O–H groups in total. The number of carbonyl (C=O) groups is 2. The minimum atomic E-state index is -1.02. The fourth-order valence-electron chi connectivity index (χ4n) is 3.96. The Labute approximate surface area is 206 Å². The van der Waals surface area contributed by atoms with Crippen molar-refractivity contribution < 1.29 is 19.1 Å². The van der Waals surface area contributed by atoms with Crippen molar-refractivity contribution >= 4 is 33.8 Å². The summed E-state index contributed by atoms with van der Waals surface area (Å²) in [5.74, 6) is -1.15. The minimum Gasteiger partial charge on any atom is -0.385 e. The van der Waals surface area contributed by atoms with E-state index in [-0.39, 0.29) is 17.4 Å². The van der Waals surface area contributed by atoms with Gasteiger partial charge in [-0.25, -0.2) is 4.39 Å². The van der Waals surface area contributed by atoms with Crippen LogP contribution in [0, 0.1) is 5.82 Å². The maximum atomic E-state index is 13.4. The first-order chi connectivity index (χ1) is 16.3. The zero-order valence-electron chi connectivity index (χ0n) is 18.4. The predicted octanol–water partition coefficient (Wildman–Crippen LogP) is 4.87. The fraction of sp³-hybridized carbons (Fsp3) is 0.185. The van der Waals surface area contributed by atoms with Crippen LogP contribution in [-0.4, -0.2) is 34.9 Å². The van der Waals surface area contributed by atoms with Gasteiger partial charge in [0.25, 0.3) is 11.8 Å². The van der Waals surface area contributed by atoms with Gasteiger partial charge in [-0.3, -0.25) is 9.59 Å². The van der Waals surface area contributed by atoms with E-state index in [2.05, 4.69) is 21.2 Å². The van der Waals surface area contributed by atoms with Gasteiger partial charge >= 0.3 is 0 Å². The lowest BCUT2D eigenvalue weighted by Crippen LogP contribution is -2.47. The highest BCUT2D eigenvalue weighted by atomic mass is 79.9. The number of piperidine rings is 1. The summed E-state index contributed by atoms with van der Waals surface area (Å²) < 4.78 is 14.3. The number of nitrogens with zero attached hydrogens (tertiary/aromatic N) is 1. The van der Waals surface area contributed by atoms with Crippen LogP contribution in [0.25, 0.3) is 6.08 Å². The summed E-state index contributed by atoms with van der Waals surface area (Å²) in [6.45, 7) is 0.653. The Morgan fingerprint density at radius 3 is 2.18 bits per heavy atom. The molecule has 0 radical (unpaired) electrons. The molecular weight excluding hydrogens is 499 g/mol. The Morgan fingerprint density at radius 2 is 1.56 bits per heavy atom. The average molecular weight is 523 g/mol. The zero-order valence-corrected chi connectivity index (χ0v) is 20.0. The summed E-state index contributed by atoms with van der Waals surface area (Å²) in [6.07, 6.45) is 2.28. The number of amides is 2. The highest BCUT2D eigenvalue weighted by Crippen LogP contribution is 2.33. The number of halogens is 2. The molecule has 5 nitrogen and oxygen atoms in total. The standard InChI is InChI=1S/C27H24BrFN2O3/c28-22-10-8-21(9-11-22)27(34)14-16-31(17-15-27)26(33)24(18-19-6-12-23(29)13-7-19)30-25(32)20-4-2-1-3-5-20/h1-13,18,34H,14-17H2,(H,30,32). The average Bonchev–Trinajstić information content (AvgIpc) is 2.86. The molecule has 174 valence electrons. The molecule has 4 rings (SSSR count). The normalized spacial score (nSPS) is 15.6. The lowest BCUT2D eigenvalue weighted by molar-refractivity contribution is -0.131. The third kappa shape index (κ3) is 5.61. The van der Waals surface area contributed by atoms with Gasteiger partial charge in [0.1, 0.15) is 11.5 Å². The highest BCUT2D eigenvalue weighted by molar-refractivity contribution is 9.10. The Hall–Kier alpha value is -3.29. The zero-order chi connectivity index (χ0) is 24.1. The number of rotatable bonds is 5. The maximum absolute atomic E-state index is 13.4. The molecule has 1 saturated heterocycles. The van der Waals surface area contributed by atoms with Crippen LogP contribution in [0.5, 0.6) is 0 Å². The number of likely N-dealkylation sites (tertiary alicyclic amines) is 1. The molecule has 1 aliphatic rings. The first kappa shape index (κ1) is 23.9. The Morgan fingerprint density at radius 1 is 0.941 bits per heavy atom. The minimum absolute atomic E-state index is 0.0922. The number of hydrogen-bond acceptors (Lipinski definition) is 3. The van der Waals surface area contributed by atoms with Crippen molar-refractivity contribution in [1.82, 2.24) is 10.2 Å². The molecule has 34 heavy (non-hydrogen) atoms. The van der Waals surface area contributed by atoms with Gasteiger partial charge < -0.3 is 15.3 Å². The quantitative estimate of drug-likeness (QED) is 0.469. The molecule has 3 aromatic rings. The van der Waals surface area contributed by atoms with Crippen LogP contribution < -0.4 is 5.32 Å². The van der Waals surface area contributed by atoms with E-state index in [1.54, 1.807) is 47.4 Å². The number of carbonyl (C=O) groups excluding carboxylic acids is 2. The van der Waals surface area contributed by atoms with Crippen LogP contribution in [0.1, 0.15) is 34.3 Å². The maximum Gasteiger partial charge on any atom is 0.270 e. The number of nitrogens with one attached hydrogen (secondary N) is 1. The molecule has 3 aromatic carbocycles. The van der Waals surface area contributed by atoms with Crippen LogP contribution in [0.15, 0.2) is 89.0 Å². The third-order valence-corrected chi connectivity index (χ3v) is 6.48. The molecule has 2 amide bonds. The Kier molecular flexibility index (Phi) is 7.24. The van der Waals surface area contributed by atoms with E-state index in [4.69, 9.17) is 0 Å². The van der Waals surface area contributed by atoms with Crippen molar-refractivity contribution in [2.24, 2.45) is 0 Å². The lowest BCUT2D eigenvalue weighted by Gasteiger charge is -2.38. The molecule has 1 aliphatic heterocycles. The van der Waals surface area contributed by atoms with Crippen molar-refractivity contribution in [1.29, 1.82) is 0 Å². The second kappa shape index (κ2) is 10.3. The lowest BCUT2D eigenvalue weighted by atomic mass is 9.84. The van der Waals surface area contributed by atoms with Gasteiger partial charge in [0.2, 0.25) is 0 Å². The van der Waals surface area contributed by atoms with Gasteiger partial charge in [-0.05, 0) is 66.4 Å². The van der Waals surface area contributed by atoms with Crippen LogP contribution in [0.4, 0.5) is 4.39 Å². The summed E-state index contributed by atoms with van der Waals surface area (Å²) in [5, 5.41) is 13.9. The number of benzene rings is 3. The van der Waals surface area contributed by atoms with Crippen LogP contribution in [0.2, 0.25) is 0 Å². The van der Waals surface area contributed by atoms with Crippen molar-refractivity contribution in [3.63, 3.8) is 0 Å². The highest BCUT2D eigenvalue weighted by Gasteiger charge is 2.36. The monoisotopic (exact) mass is 522 g/mol. The molecule has 0 aliphatic carbocycles. The van der Waals surface area contributed by atoms with E-state index in [0.29, 0.717) is 37.1 Å². The van der Waals surface area contributed by atoms with E-state index < -0.39 is 11.5 Å². The Balaban J connectivity index is 1.54. The van der Waals surface area contributed by atoms with Gasteiger partial charge in [-0.1, -0.05) is 58.4 Å². The van der Waals surface area contributed by atoms with Gasteiger partial charge in [-0.2, -0.15) is 0 Å². The van der Waals surface area contributed by atoms with E-state index in [1.807, 2.05) is 24.3 Å². The molecule has 1 fully saturated rings. The fourth-order valence-corrected chi connectivity index (χ4v) is 4.22. The Bertz CT molecular complexity index is 1190. The van der Waals surface area contributed by atoms with E-state index >= 15 is 0 Å². The van der Waals surface area contributed by atoms with Crippen LogP contribution in [0.3, 0.4) is 0 Å². The summed E-state index contributed by atoms with van der Waals surface area (Å²) in [6, 6.07) is 21.8.